The molecule has 0 aromatic carbocycles. The molecule has 0 aliphatic heterocycles. The maximum Gasteiger partial charge on any atom is 0.187 e. The molecular formula is C40H54O4. The van der Waals surface area contributed by atoms with Crippen LogP contribution in [0, 0.1) is 16.7 Å². The Balaban J connectivity index is 1.89. The number of aliphatic hydroxyl groups is 2. The predicted molar refractivity (Wildman–Crippen MR) is 185 cm³/mol. The molecule has 0 saturated heterocycles. The summed E-state index contributed by atoms with van der Waals surface area (Å²) in [5.41, 5.74) is 6.15. The first kappa shape index (κ1) is 36.8. The van der Waals surface area contributed by atoms with E-state index in [2.05, 4.69) is 90.2 Å². The van der Waals surface area contributed by atoms with Gasteiger partial charge in [-0.25, -0.2) is 0 Å². The van der Waals surface area contributed by atoms with Gasteiger partial charge in [0.15, 0.2) is 11.6 Å². The summed E-state index contributed by atoms with van der Waals surface area (Å²) in [7, 11) is 0. The molecule has 0 aromatic heterocycles. The molecule has 0 radical (unpaired) electrons. The van der Waals surface area contributed by atoms with Gasteiger partial charge in [0, 0.05) is 0 Å². The summed E-state index contributed by atoms with van der Waals surface area (Å²) in [6.45, 7) is 20.2. The highest BCUT2D eigenvalue weighted by Gasteiger charge is 2.37. The Morgan fingerprint density at radius 2 is 1.14 bits per heavy atom. The normalized spacial score (nSPS) is 24.9. The zero-order valence-corrected chi connectivity index (χ0v) is 28.6. The number of Topliss-reactive ketones (excluding diaryl/α,β-unsaturated/α-hetero) is 2. The summed E-state index contributed by atoms with van der Waals surface area (Å²) < 4.78 is 0. The molecule has 238 valence electrons. The maximum absolute atomic E-state index is 12.2. The average molecular weight is 599 g/mol. The SMILES string of the molecule is CC1=C(/C=C/C(C)=C/C=C/C(C)=C/C=C/CC(C)/C=C/C=C(C)/C=C/C2=C(C)C(=O)[C@@H](O)CC2(C)C)C(C)(C)C[C@H](O)C1=O. The van der Waals surface area contributed by atoms with Gasteiger partial charge in [0.2, 0.25) is 0 Å². The molecule has 2 aliphatic carbocycles. The number of hydrogen-bond donors (Lipinski definition) is 2. The second kappa shape index (κ2) is 16.1. The van der Waals surface area contributed by atoms with Crippen LogP contribution in [0.1, 0.15) is 88.5 Å². The first-order valence-corrected chi connectivity index (χ1v) is 15.7. The van der Waals surface area contributed by atoms with E-state index in [4.69, 9.17) is 0 Å². The first-order valence-electron chi connectivity index (χ1n) is 15.7. The summed E-state index contributed by atoms with van der Waals surface area (Å²) in [6, 6.07) is 0. The molecule has 0 spiro atoms. The molecule has 0 fully saturated rings. The predicted octanol–water partition coefficient (Wildman–Crippen LogP) is 8.99. The molecular weight excluding hydrogens is 544 g/mol. The minimum Gasteiger partial charge on any atom is -0.385 e. The highest BCUT2D eigenvalue weighted by molar-refractivity contribution is 6.01. The zero-order valence-electron chi connectivity index (χ0n) is 28.6. The van der Waals surface area contributed by atoms with Crippen LogP contribution in [0.5, 0.6) is 0 Å². The third kappa shape index (κ3) is 10.7. The number of carbonyl (C=O) groups is 2. The molecule has 0 heterocycles. The molecule has 2 rings (SSSR count). The van der Waals surface area contributed by atoms with Crippen molar-refractivity contribution in [2.24, 2.45) is 16.7 Å². The van der Waals surface area contributed by atoms with E-state index < -0.39 is 12.2 Å². The lowest BCUT2D eigenvalue weighted by Gasteiger charge is -2.34. The minimum atomic E-state index is -0.903. The van der Waals surface area contributed by atoms with Gasteiger partial charge >= 0.3 is 0 Å². The van der Waals surface area contributed by atoms with Gasteiger partial charge < -0.3 is 10.2 Å². The molecule has 0 saturated carbocycles. The molecule has 44 heavy (non-hydrogen) atoms. The number of hydrogen-bond acceptors (Lipinski definition) is 4. The van der Waals surface area contributed by atoms with Crippen molar-refractivity contribution in [2.45, 2.75) is 101 Å². The van der Waals surface area contributed by atoms with Gasteiger partial charge in [-0.3, -0.25) is 9.59 Å². The maximum atomic E-state index is 12.2. The fraction of sp³-hybridized carbons (Fsp3) is 0.450. The molecule has 0 aromatic rings. The van der Waals surface area contributed by atoms with E-state index in [0.29, 0.717) is 29.9 Å². The van der Waals surface area contributed by atoms with Gasteiger partial charge in [0.25, 0.3) is 0 Å². The van der Waals surface area contributed by atoms with Crippen molar-refractivity contribution in [2.75, 3.05) is 0 Å². The standard InChI is InChI=1S/C40H54O4/c1-27(17-13-19-29(3)21-23-33-31(5)37(43)35(41)25-39(33,7)8)15-11-12-16-28(2)18-14-20-30(4)22-24-34-32(6)38(44)36(42)26-40(34,9)10/h11-15,17-24,28,35-36,41-42H,16,25-26H2,1-10H3/b12-11+,17-13+,18-14+,23-21+,24-22+,27-15+,29-19+,30-20+/t28?,35-,36-/m0/s1. The first-order chi connectivity index (χ1) is 20.5. The lowest BCUT2D eigenvalue weighted by molar-refractivity contribution is -0.126. The summed E-state index contributed by atoms with van der Waals surface area (Å²) in [6.07, 6.45) is 27.0. The summed E-state index contributed by atoms with van der Waals surface area (Å²) >= 11 is 0. The molecule has 3 atom stereocenters. The smallest absolute Gasteiger partial charge is 0.187 e. The third-order valence-corrected chi connectivity index (χ3v) is 8.56. The highest BCUT2D eigenvalue weighted by Crippen LogP contribution is 2.40. The Kier molecular flexibility index (Phi) is 13.5. The highest BCUT2D eigenvalue weighted by atomic mass is 16.3. The van der Waals surface area contributed by atoms with Crippen LogP contribution in [0.25, 0.3) is 0 Å². The molecule has 2 aliphatic rings. The summed E-state index contributed by atoms with van der Waals surface area (Å²) in [5, 5.41) is 20.1. The van der Waals surface area contributed by atoms with Crippen molar-refractivity contribution in [3.8, 4) is 0 Å². The number of carbonyl (C=O) groups excluding carboxylic acids is 2. The van der Waals surface area contributed by atoms with E-state index in [1.54, 1.807) is 6.92 Å². The van der Waals surface area contributed by atoms with Crippen molar-refractivity contribution in [3.63, 3.8) is 0 Å². The van der Waals surface area contributed by atoms with E-state index in [-0.39, 0.29) is 22.4 Å². The number of ketones is 2. The van der Waals surface area contributed by atoms with Crippen LogP contribution in [0.3, 0.4) is 0 Å². The Labute approximate surface area is 266 Å². The van der Waals surface area contributed by atoms with E-state index in [1.807, 2.05) is 51.2 Å². The molecule has 4 nitrogen and oxygen atoms in total. The Bertz CT molecular complexity index is 1390. The van der Waals surface area contributed by atoms with Crippen LogP contribution in [-0.4, -0.2) is 34.0 Å². The summed E-state index contributed by atoms with van der Waals surface area (Å²) in [4.78, 5) is 24.5. The fourth-order valence-corrected chi connectivity index (χ4v) is 5.79. The second-order valence-corrected chi connectivity index (χ2v) is 13.8. The van der Waals surface area contributed by atoms with Crippen LogP contribution in [0.2, 0.25) is 0 Å². The van der Waals surface area contributed by atoms with Crippen molar-refractivity contribution < 1.29 is 19.8 Å². The number of rotatable bonds is 11. The Morgan fingerprint density at radius 1 is 0.727 bits per heavy atom. The van der Waals surface area contributed by atoms with Gasteiger partial charge in [0.05, 0.1) is 0 Å². The lowest BCUT2D eigenvalue weighted by Crippen LogP contribution is -2.35. The van der Waals surface area contributed by atoms with Crippen molar-refractivity contribution in [1.29, 1.82) is 0 Å². The lowest BCUT2D eigenvalue weighted by atomic mass is 9.71. The second-order valence-electron chi connectivity index (χ2n) is 13.8. The van der Waals surface area contributed by atoms with Crippen LogP contribution in [0.4, 0.5) is 0 Å². The monoisotopic (exact) mass is 598 g/mol. The Hall–Kier alpha value is -3.34. The van der Waals surface area contributed by atoms with E-state index in [1.165, 1.54) is 0 Å². The molecule has 4 heteroatoms. The average Bonchev–Trinajstić information content (AvgIpc) is 2.92. The van der Waals surface area contributed by atoms with E-state index in [0.717, 1.165) is 34.3 Å². The third-order valence-electron chi connectivity index (χ3n) is 8.56. The number of aliphatic hydroxyl groups excluding tert-OH is 2. The van der Waals surface area contributed by atoms with Crippen LogP contribution >= 0.6 is 0 Å². The largest absolute Gasteiger partial charge is 0.385 e. The van der Waals surface area contributed by atoms with Gasteiger partial charge in [-0.2, -0.15) is 0 Å². The minimum absolute atomic E-state index is 0.167. The summed E-state index contributed by atoms with van der Waals surface area (Å²) in [5.74, 6) is 0.0588. The Morgan fingerprint density at radius 3 is 1.61 bits per heavy atom. The number of allylic oxidation sites excluding steroid dienone is 18. The molecule has 2 N–H and O–H groups in total. The van der Waals surface area contributed by atoms with E-state index >= 15 is 0 Å². The van der Waals surface area contributed by atoms with Crippen LogP contribution in [-0.2, 0) is 9.59 Å². The van der Waals surface area contributed by atoms with Crippen molar-refractivity contribution in [3.05, 3.63) is 118 Å². The molecule has 1 unspecified atom stereocenters. The molecule has 0 bridgehead atoms. The van der Waals surface area contributed by atoms with Crippen LogP contribution < -0.4 is 0 Å². The van der Waals surface area contributed by atoms with Gasteiger partial charge in [-0.05, 0) is 92.9 Å². The van der Waals surface area contributed by atoms with E-state index in [9.17, 15) is 19.8 Å². The topological polar surface area (TPSA) is 74.6 Å². The van der Waals surface area contributed by atoms with Crippen molar-refractivity contribution in [1.82, 2.24) is 0 Å². The molecule has 0 amide bonds. The fourth-order valence-electron chi connectivity index (χ4n) is 5.79. The quantitative estimate of drug-likeness (QED) is 0.233. The van der Waals surface area contributed by atoms with Crippen LogP contribution in [0.15, 0.2) is 118 Å². The van der Waals surface area contributed by atoms with Crippen molar-refractivity contribution >= 4 is 11.6 Å². The van der Waals surface area contributed by atoms with Gasteiger partial charge in [0.1, 0.15) is 12.2 Å². The van der Waals surface area contributed by atoms with Gasteiger partial charge in [-0.15, -0.1) is 0 Å². The zero-order chi connectivity index (χ0) is 33.2. The van der Waals surface area contributed by atoms with Gasteiger partial charge in [-0.1, -0.05) is 130 Å².